The SMILES string of the molecule is CC(C)(C)OC(=O)C[C@H](N)c1cc[nH]c(=O)c1. The van der Waals surface area contributed by atoms with Gasteiger partial charge in [-0.1, -0.05) is 0 Å². The molecule has 0 aliphatic rings. The number of rotatable bonds is 3. The number of hydrogen-bond acceptors (Lipinski definition) is 4. The molecule has 94 valence electrons. The highest BCUT2D eigenvalue weighted by molar-refractivity contribution is 5.70. The lowest BCUT2D eigenvalue weighted by molar-refractivity contribution is -0.155. The average Bonchev–Trinajstić information content (AvgIpc) is 2.14. The lowest BCUT2D eigenvalue weighted by Gasteiger charge is -2.20. The van der Waals surface area contributed by atoms with Crippen LogP contribution in [0.5, 0.6) is 0 Å². The Kier molecular flexibility index (Phi) is 4.07. The summed E-state index contributed by atoms with van der Waals surface area (Å²) in [4.78, 5) is 25.1. The standard InChI is InChI=1S/C12H18N2O3/c1-12(2,3)17-11(16)7-9(13)8-4-5-14-10(15)6-8/h4-6,9H,7,13H2,1-3H3,(H,14,15)/t9-/m0/s1. The number of nitrogens with two attached hydrogens (primary N) is 1. The lowest BCUT2D eigenvalue weighted by atomic mass is 10.1. The number of H-pyrrole nitrogens is 1. The fourth-order valence-corrected chi connectivity index (χ4v) is 1.37. The smallest absolute Gasteiger partial charge is 0.308 e. The number of carbonyl (C=O) groups excluding carboxylic acids is 1. The van der Waals surface area contributed by atoms with Gasteiger partial charge in [-0.2, -0.15) is 0 Å². The number of aromatic nitrogens is 1. The van der Waals surface area contributed by atoms with Gasteiger partial charge in [0.2, 0.25) is 5.56 Å². The van der Waals surface area contributed by atoms with E-state index in [1.165, 1.54) is 12.3 Å². The molecule has 0 spiro atoms. The van der Waals surface area contributed by atoms with Crippen LogP contribution in [0.4, 0.5) is 0 Å². The number of nitrogens with one attached hydrogen (secondary N) is 1. The van der Waals surface area contributed by atoms with Crippen molar-refractivity contribution in [1.82, 2.24) is 4.98 Å². The van der Waals surface area contributed by atoms with Crippen molar-refractivity contribution in [1.29, 1.82) is 0 Å². The van der Waals surface area contributed by atoms with Gasteiger partial charge in [-0.05, 0) is 32.4 Å². The van der Waals surface area contributed by atoms with Crippen LogP contribution in [0.25, 0.3) is 0 Å². The number of ether oxygens (including phenoxy) is 1. The van der Waals surface area contributed by atoms with E-state index < -0.39 is 11.6 Å². The van der Waals surface area contributed by atoms with Crippen LogP contribution in [0.3, 0.4) is 0 Å². The van der Waals surface area contributed by atoms with E-state index in [1.54, 1.807) is 26.8 Å². The summed E-state index contributed by atoms with van der Waals surface area (Å²) >= 11 is 0. The fraction of sp³-hybridized carbons (Fsp3) is 0.500. The van der Waals surface area contributed by atoms with Gasteiger partial charge < -0.3 is 15.5 Å². The van der Waals surface area contributed by atoms with Crippen molar-refractivity contribution in [3.05, 3.63) is 34.2 Å². The highest BCUT2D eigenvalue weighted by atomic mass is 16.6. The Hall–Kier alpha value is -1.62. The number of carbonyl (C=O) groups is 1. The molecule has 0 aliphatic heterocycles. The van der Waals surface area contributed by atoms with E-state index in [1.807, 2.05) is 0 Å². The molecule has 1 atom stereocenters. The zero-order valence-electron chi connectivity index (χ0n) is 10.3. The Morgan fingerprint density at radius 1 is 1.53 bits per heavy atom. The van der Waals surface area contributed by atoms with Gasteiger partial charge in [0.05, 0.1) is 6.42 Å². The Morgan fingerprint density at radius 3 is 2.71 bits per heavy atom. The molecule has 0 amide bonds. The monoisotopic (exact) mass is 238 g/mol. The minimum absolute atomic E-state index is 0.0563. The van der Waals surface area contributed by atoms with Gasteiger partial charge in [-0.15, -0.1) is 0 Å². The first-order valence-corrected chi connectivity index (χ1v) is 5.44. The number of aromatic amines is 1. The molecule has 0 unspecified atom stereocenters. The van der Waals surface area contributed by atoms with Crippen molar-refractivity contribution in [2.75, 3.05) is 0 Å². The van der Waals surface area contributed by atoms with Crippen molar-refractivity contribution in [2.45, 2.75) is 38.8 Å². The molecular weight excluding hydrogens is 220 g/mol. The van der Waals surface area contributed by atoms with E-state index in [4.69, 9.17) is 10.5 Å². The third kappa shape index (κ3) is 4.82. The summed E-state index contributed by atoms with van der Waals surface area (Å²) in [6, 6.07) is 2.54. The second-order valence-electron chi connectivity index (χ2n) is 4.88. The van der Waals surface area contributed by atoms with Gasteiger partial charge in [0.15, 0.2) is 0 Å². The zero-order valence-corrected chi connectivity index (χ0v) is 10.3. The molecular formula is C12H18N2O3. The van der Waals surface area contributed by atoms with Gasteiger partial charge in [-0.3, -0.25) is 9.59 Å². The molecule has 1 aromatic heterocycles. The Bertz CT molecular complexity index is 446. The lowest BCUT2D eigenvalue weighted by Crippen LogP contribution is -2.27. The van der Waals surface area contributed by atoms with E-state index in [9.17, 15) is 9.59 Å². The summed E-state index contributed by atoms with van der Waals surface area (Å²) in [5, 5.41) is 0. The summed E-state index contributed by atoms with van der Waals surface area (Å²) in [7, 11) is 0. The maximum absolute atomic E-state index is 11.5. The molecule has 0 saturated heterocycles. The second-order valence-corrected chi connectivity index (χ2v) is 4.88. The maximum atomic E-state index is 11.5. The quantitative estimate of drug-likeness (QED) is 0.772. The van der Waals surface area contributed by atoms with Gasteiger partial charge in [0.1, 0.15) is 5.60 Å². The van der Waals surface area contributed by atoms with Crippen LogP contribution in [0, 0.1) is 0 Å². The molecule has 0 fully saturated rings. The predicted octanol–water partition coefficient (Wildman–Crippen LogP) is 1.11. The Morgan fingerprint density at radius 2 is 2.18 bits per heavy atom. The first kappa shape index (κ1) is 13.4. The number of hydrogen-bond donors (Lipinski definition) is 2. The summed E-state index contributed by atoms with van der Waals surface area (Å²) < 4.78 is 5.16. The molecule has 0 bridgehead atoms. The van der Waals surface area contributed by atoms with Gasteiger partial charge in [0, 0.05) is 18.3 Å². The van der Waals surface area contributed by atoms with Crippen LogP contribution in [0.2, 0.25) is 0 Å². The van der Waals surface area contributed by atoms with E-state index in [-0.39, 0.29) is 17.9 Å². The molecule has 0 aliphatic carbocycles. The van der Waals surface area contributed by atoms with E-state index >= 15 is 0 Å². The van der Waals surface area contributed by atoms with Crippen molar-refractivity contribution >= 4 is 5.97 Å². The topological polar surface area (TPSA) is 85.2 Å². The molecule has 17 heavy (non-hydrogen) atoms. The molecule has 0 radical (unpaired) electrons. The second kappa shape index (κ2) is 5.14. The molecule has 1 aromatic rings. The summed E-state index contributed by atoms with van der Waals surface area (Å²) in [5.74, 6) is -0.370. The molecule has 1 rings (SSSR count). The molecule has 1 heterocycles. The Balaban J connectivity index is 2.64. The maximum Gasteiger partial charge on any atom is 0.308 e. The van der Waals surface area contributed by atoms with Crippen LogP contribution < -0.4 is 11.3 Å². The minimum atomic E-state index is -0.523. The average molecular weight is 238 g/mol. The number of pyridine rings is 1. The molecule has 0 aromatic carbocycles. The first-order chi connectivity index (χ1) is 7.78. The van der Waals surface area contributed by atoms with Gasteiger partial charge in [-0.25, -0.2) is 0 Å². The zero-order chi connectivity index (χ0) is 13.1. The van der Waals surface area contributed by atoms with E-state index in [2.05, 4.69) is 4.98 Å². The molecule has 5 heteroatoms. The highest BCUT2D eigenvalue weighted by Crippen LogP contribution is 2.15. The van der Waals surface area contributed by atoms with Crippen LogP contribution in [0.15, 0.2) is 23.1 Å². The summed E-state index contributed by atoms with van der Waals surface area (Å²) in [6.45, 7) is 5.39. The van der Waals surface area contributed by atoms with E-state index in [0.29, 0.717) is 5.56 Å². The Labute approximate surface area is 100.0 Å². The third-order valence-corrected chi connectivity index (χ3v) is 2.03. The normalized spacial score (nSPS) is 13.2. The highest BCUT2D eigenvalue weighted by Gasteiger charge is 2.19. The van der Waals surface area contributed by atoms with E-state index in [0.717, 1.165) is 0 Å². The number of esters is 1. The van der Waals surface area contributed by atoms with Crippen molar-refractivity contribution in [2.24, 2.45) is 5.73 Å². The van der Waals surface area contributed by atoms with Crippen LogP contribution in [-0.2, 0) is 9.53 Å². The molecule has 5 nitrogen and oxygen atoms in total. The van der Waals surface area contributed by atoms with Gasteiger partial charge >= 0.3 is 5.97 Å². The summed E-state index contributed by atoms with van der Waals surface area (Å²) in [6.07, 6.45) is 1.56. The first-order valence-electron chi connectivity index (χ1n) is 5.44. The van der Waals surface area contributed by atoms with Crippen LogP contribution in [-0.4, -0.2) is 16.6 Å². The van der Waals surface area contributed by atoms with Crippen molar-refractivity contribution < 1.29 is 9.53 Å². The fourth-order valence-electron chi connectivity index (χ4n) is 1.37. The molecule has 3 N–H and O–H groups in total. The van der Waals surface area contributed by atoms with Crippen LogP contribution in [0.1, 0.15) is 38.8 Å². The predicted molar refractivity (Wildman–Crippen MR) is 64.5 cm³/mol. The van der Waals surface area contributed by atoms with Crippen molar-refractivity contribution in [3.63, 3.8) is 0 Å². The van der Waals surface area contributed by atoms with Crippen molar-refractivity contribution in [3.8, 4) is 0 Å². The van der Waals surface area contributed by atoms with Crippen LogP contribution >= 0.6 is 0 Å². The minimum Gasteiger partial charge on any atom is -0.460 e. The summed E-state index contributed by atoms with van der Waals surface area (Å²) in [5.41, 5.74) is 5.70. The van der Waals surface area contributed by atoms with Gasteiger partial charge in [0.25, 0.3) is 0 Å². The largest absolute Gasteiger partial charge is 0.460 e. The molecule has 0 saturated carbocycles. The third-order valence-electron chi connectivity index (χ3n) is 2.03.